The second kappa shape index (κ2) is 8.51. The van der Waals surface area contributed by atoms with Gasteiger partial charge in [0, 0.05) is 34.3 Å². The van der Waals surface area contributed by atoms with Crippen molar-refractivity contribution in [1.29, 1.82) is 0 Å². The first-order valence-electron chi connectivity index (χ1n) is 11.0. The Bertz CT molecular complexity index is 1350. The highest BCUT2D eigenvalue weighted by molar-refractivity contribution is 6.32. The lowest BCUT2D eigenvalue weighted by atomic mass is 10.0. The Labute approximate surface area is 194 Å². The molecule has 0 spiro atoms. The fraction of sp³-hybridized carbons (Fsp3) is 0.333. The highest BCUT2D eigenvalue weighted by Crippen LogP contribution is 2.40. The number of aliphatic carboxylic acids is 1. The van der Waals surface area contributed by atoms with E-state index >= 15 is 0 Å². The van der Waals surface area contributed by atoms with E-state index in [1.165, 1.54) is 5.56 Å². The Hall–Kier alpha value is -3.39. The average molecular weight is 467 g/mol. The summed E-state index contributed by atoms with van der Waals surface area (Å²) in [6.07, 6.45) is 4.29. The van der Waals surface area contributed by atoms with Crippen molar-refractivity contribution in [2.75, 3.05) is 0 Å². The number of H-pyrrole nitrogens is 1. The van der Waals surface area contributed by atoms with Crippen molar-refractivity contribution in [3.05, 3.63) is 46.7 Å². The Balaban J connectivity index is 1.43. The lowest BCUT2D eigenvalue weighted by Crippen LogP contribution is -2.11. The molecular weight excluding hydrogens is 444 g/mol. The largest absolute Gasteiger partial charge is 0.481 e. The van der Waals surface area contributed by atoms with Gasteiger partial charge in [-0.1, -0.05) is 23.7 Å². The lowest BCUT2D eigenvalue weighted by Gasteiger charge is -2.12. The van der Waals surface area contributed by atoms with Crippen LogP contribution in [0.25, 0.3) is 33.7 Å². The van der Waals surface area contributed by atoms with Crippen molar-refractivity contribution >= 4 is 28.5 Å². The van der Waals surface area contributed by atoms with Gasteiger partial charge in [-0.25, -0.2) is 4.98 Å². The van der Waals surface area contributed by atoms with Gasteiger partial charge < -0.3 is 19.4 Å². The molecule has 1 aliphatic rings. The Morgan fingerprint density at radius 1 is 1.36 bits per heavy atom. The molecule has 0 bridgehead atoms. The number of halogens is 1. The van der Waals surface area contributed by atoms with E-state index in [0.717, 1.165) is 41.4 Å². The van der Waals surface area contributed by atoms with Gasteiger partial charge in [0.05, 0.1) is 18.1 Å². The Morgan fingerprint density at radius 3 is 2.97 bits per heavy atom. The molecular formula is C24H23ClN4O4. The van der Waals surface area contributed by atoms with Crippen LogP contribution in [-0.2, 0) is 11.2 Å². The van der Waals surface area contributed by atoms with Crippen LogP contribution < -0.4 is 4.74 Å². The molecule has 170 valence electrons. The molecule has 2 unspecified atom stereocenters. The van der Waals surface area contributed by atoms with Crippen molar-refractivity contribution in [2.24, 2.45) is 0 Å². The molecule has 0 saturated carbocycles. The van der Waals surface area contributed by atoms with E-state index < -0.39 is 5.97 Å². The first kappa shape index (κ1) is 21.5. The molecule has 0 radical (unpaired) electrons. The van der Waals surface area contributed by atoms with Crippen molar-refractivity contribution in [1.82, 2.24) is 20.1 Å². The molecule has 0 aliphatic heterocycles. The average Bonchev–Trinajstić information content (AvgIpc) is 3.51. The van der Waals surface area contributed by atoms with Gasteiger partial charge in [0.15, 0.2) is 0 Å². The molecule has 0 amide bonds. The summed E-state index contributed by atoms with van der Waals surface area (Å²) in [6, 6.07) is 7.62. The topological polar surface area (TPSA) is 114 Å². The van der Waals surface area contributed by atoms with E-state index in [1.54, 1.807) is 12.3 Å². The lowest BCUT2D eigenvalue weighted by molar-refractivity contribution is -0.137. The van der Waals surface area contributed by atoms with Crippen LogP contribution in [0.15, 0.2) is 35.0 Å². The maximum absolute atomic E-state index is 11.2. The van der Waals surface area contributed by atoms with Crippen LogP contribution in [-0.4, -0.2) is 37.3 Å². The molecule has 2 atom stereocenters. The van der Waals surface area contributed by atoms with E-state index in [4.69, 9.17) is 20.9 Å². The number of fused-ring (bicyclic) bond motifs is 3. The van der Waals surface area contributed by atoms with Crippen LogP contribution in [0.5, 0.6) is 5.88 Å². The Kier molecular flexibility index (Phi) is 5.54. The minimum Gasteiger partial charge on any atom is -0.481 e. The standard InChI is InChI=1S/C24H23ClN4O4/c1-3-12(2)32-24-18(25)9-15(11-26-24)23-28-22(29-33-23)14-5-7-19-17(8-14)16-6-4-13(10-20(30)31)21(16)27-19/h5,7-9,11-13,27H,3-4,6,10H2,1-2H3,(H,30,31). The normalized spacial score (nSPS) is 16.2. The number of hydrogen-bond donors (Lipinski definition) is 2. The van der Waals surface area contributed by atoms with Gasteiger partial charge >= 0.3 is 5.97 Å². The van der Waals surface area contributed by atoms with Crippen LogP contribution in [0.2, 0.25) is 5.02 Å². The summed E-state index contributed by atoms with van der Waals surface area (Å²) >= 11 is 6.34. The first-order valence-corrected chi connectivity index (χ1v) is 11.3. The molecule has 1 aromatic carbocycles. The summed E-state index contributed by atoms with van der Waals surface area (Å²) in [7, 11) is 0. The number of carboxylic acid groups (broad SMARTS) is 1. The highest BCUT2D eigenvalue weighted by atomic mass is 35.5. The molecule has 5 rings (SSSR count). The predicted molar refractivity (Wildman–Crippen MR) is 124 cm³/mol. The number of nitrogens with one attached hydrogen (secondary N) is 1. The van der Waals surface area contributed by atoms with E-state index in [1.807, 2.05) is 32.0 Å². The van der Waals surface area contributed by atoms with E-state index in [-0.39, 0.29) is 18.4 Å². The predicted octanol–water partition coefficient (Wildman–Crippen LogP) is 5.62. The number of aryl methyl sites for hydroxylation is 1. The maximum Gasteiger partial charge on any atom is 0.304 e. The van der Waals surface area contributed by atoms with Gasteiger partial charge in [-0.2, -0.15) is 4.98 Å². The molecule has 0 saturated heterocycles. The number of hydrogen-bond acceptors (Lipinski definition) is 6. The van der Waals surface area contributed by atoms with Gasteiger partial charge in [-0.15, -0.1) is 0 Å². The summed E-state index contributed by atoms with van der Waals surface area (Å²) < 4.78 is 11.2. The third-order valence-electron chi connectivity index (χ3n) is 6.14. The van der Waals surface area contributed by atoms with Gasteiger partial charge in [0.2, 0.25) is 11.7 Å². The molecule has 33 heavy (non-hydrogen) atoms. The number of carboxylic acids is 1. The van der Waals surface area contributed by atoms with Crippen LogP contribution in [0.1, 0.15) is 50.3 Å². The molecule has 2 N–H and O–H groups in total. The number of carbonyl (C=O) groups is 1. The van der Waals surface area contributed by atoms with E-state index in [9.17, 15) is 9.90 Å². The molecule has 0 fully saturated rings. The number of aromatic amines is 1. The van der Waals surface area contributed by atoms with E-state index in [0.29, 0.717) is 28.2 Å². The SMILES string of the molecule is CCC(C)Oc1ncc(-c2nc(-c3ccc4[nH]c5c(c4c3)CCC5CC(=O)O)no2)cc1Cl. The summed E-state index contributed by atoms with van der Waals surface area (Å²) in [5.41, 5.74) is 4.61. The van der Waals surface area contributed by atoms with Crippen molar-refractivity contribution < 1.29 is 19.2 Å². The van der Waals surface area contributed by atoms with Crippen molar-refractivity contribution in [3.8, 4) is 28.7 Å². The summed E-state index contributed by atoms with van der Waals surface area (Å²) in [6.45, 7) is 3.99. The molecule has 3 heterocycles. The van der Waals surface area contributed by atoms with Crippen molar-refractivity contribution in [2.45, 2.75) is 51.6 Å². The first-order chi connectivity index (χ1) is 15.9. The number of pyridine rings is 1. The minimum atomic E-state index is -0.777. The molecule has 9 heteroatoms. The number of rotatable bonds is 7. The van der Waals surface area contributed by atoms with Crippen LogP contribution >= 0.6 is 11.6 Å². The van der Waals surface area contributed by atoms with Crippen LogP contribution in [0.3, 0.4) is 0 Å². The molecule has 3 aromatic heterocycles. The second-order valence-corrected chi connectivity index (χ2v) is 8.79. The zero-order chi connectivity index (χ0) is 23.1. The Morgan fingerprint density at radius 2 is 2.21 bits per heavy atom. The molecule has 4 aromatic rings. The molecule has 8 nitrogen and oxygen atoms in total. The summed E-state index contributed by atoms with van der Waals surface area (Å²) in [4.78, 5) is 23.4. The fourth-order valence-corrected chi connectivity index (χ4v) is 4.48. The summed E-state index contributed by atoms with van der Waals surface area (Å²) in [5, 5.41) is 14.8. The number of aromatic nitrogens is 4. The fourth-order valence-electron chi connectivity index (χ4n) is 4.26. The smallest absolute Gasteiger partial charge is 0.304 e. The van der Waals surface area contributed by atoms with Crippen LogP contribution in [0, 0.1) is 0 Å². The second-order valence-electron chi connectivity index (χ2n) is 8.38. The monoisotopic (exact) mass is 466 g/mol. The van der Waals surface area contributed by atoms with Crippen LogP contribution in [0.4, 0.5) is 0 Å². The third kappa shape index (κ3) is 4.06. The number of ether oxygens (including phenoxy) is 1. The van der Waals surface area contributed by atoms with Gasteiger partial charge in [-0.3, -0.25) is 4.79 Å². The zero-order valence-corrected chi connectivity index (χ0v) is 19.0. The highest BCUT2D eigenvalue weighted by Gasteiger charge is 2.28. The zero-order valence-electron chi connectivity index (χ0n) is 18.3. The quantitative estimate of drug-likeness (QED) is 0.363. The number of nitrogens with zero attached hydrogens (tertiary/aromatic N) is 3. The molecule has 1 aliphatic carbocycles. The van der Waals surface area contributed by atoms with Crippen molar-refractivity contribution in [3.63, 3.8) is 0 Å². The maximum atomic E-state index is 11.2. The van der Waals surface area contributed by atoms with Gasteiger partial charge in [0.1, 0.15) is 5.02 Å². The van der Waals surface area contributed by atoms with Gasteiger partial charge in [0.25, 0.3) is 5.89 Å². The van der Waals surface area contributed by atoms with Gasteiger partial charge in [-0.05, 0) is 56.0 Å². The minimum absolute atomic E-state index is 0.0139. The summed E-state index contributed by atoms with van der Waals surface area (Å²) in [5.74, 6) is 0.395. The third-order valence-corrected chi connectivity index (χ3v) is 6.41. The van der Waals surface area contributed by atoms with E-state index in [2.05, 4.69) is 20.1 Å². The number of benzene rings is 1.